The van der Waals surface area contributed by atoms with E-state index in [1.165, 1.54) is 24.3 Å². The van der Waals surface area contributed by atoms with Crippen LogP contribution in [0.25, 0.3) is 0 Å². The van der Waals surface area contributed by atoms with Gasteiger partial charge in [0.1, 0.15) is 5.75 Å². The molecule has 2 aromatic carbocycles. The topological polar surface area (TPSA) is 38.3 Å². The number of carbonyl (C=O) groups excluding carboxylic acids is 1. The normalized spacial score (nSPS) is 12.0. The molecule has 0 bridgehead atoms. The lowest BCUT2D eigenvalue weighted by atomic mass is 10.1. The summed E-state index contributed by atoms with van der Waals surface area (Å²) in [5.41, 5.74) is -3.70. The maximum absolute atomic E-state index is 12.8. The SMILES string of the molecule is O=C(COc1ccc(Cl)cc1)Nc1cc(C(F)(F)F)cc(C(F)(F)F)c1. The zero-order valence-electron chi connectivity index (χ0n) is 12.7. The standard InChI is InChI=1S/C16H10ClF6NO2/c17-11-1-3-13(4-2-11)26-8-14(25)24-12-6-9(15(18,19)20)5-10(7-12)16(21,22)23/h1-7H,8H2,(H,24,25). The van der Waals surface area contributed by atoms with Crippen molar-refractivity contribution >= 4 is 23.2 Å². The molecule has 0 unspecified atom stereocenters. The Balaban J connectivity index is 2.14. The predicted octanol–water partition coefficient (Wildman–Crippen LogP) is 5.40. The average Bonchev–Trinajstić information content (AvgIpc) is 2.52. The third kappa shape index (κ3) is 5.55. The number of ether oxygens (including phenoxy) is 1. The molecule has 2 rings (SSSR count). The first-order valence-electron chi connectivity index (χ1n) is 6.93. The number of alkyl halides is 6. The van der Waals surface area contributed by atoms with Crippen LogP contribution in [0.15, 0.2) is 42.5 Å². The van der Waals surface area contributed by atoms with Crippen molar-refractivity contribution in [3.8, 4) is 5.75 Å². The largest absolute Gasteiger partial charge is 0.484 e. The first-order valence-corrected chi connectivity index (χ1v) is 7.30. The van der Waals surface area contributed by atoms with Gasteiger partial charge in [-0.05, 0) is 42.5 Å². The molecular weight excluding hydrogens is 388 g/mol. The molecule has 1 N–H and O–H groups in total. The number of hydrogen-bond donors (Lipinski definition) is 1. The van der Waals surface area contributed by atoms with E-state index >= 15 is 0 Å². The van der Waals surface area contributed by atoms with E-state index in [1.54, 1.807) is 0 Å². The van der Waals surface area contributed by atoms with E-state index in [9.17, 15) is 31.1 Å². The van der Waals surface area contributed by atoms with Gasteiger partial charge in [-0.3, -0.25) is 4.79 Å². The zero-order valence-corrected chi connectivity index (χ0v) is 13.5. The van der Waals surface area contributed by atoms with Gasteiger partial charge >= 0.3 is 12.4 Å². The predicted molar refractivity (Wildman–Crippen MR) is 82.0 cm³/mol. The molecular formula is C16H10ClF6NO2. The summed E-state index contributed by atoms with van der Waals surface area (Å²) in [5.74, 6) is -0.669. The van der Waals surface area contributed by atoms with Gasteiger partial charge in [-0.15, -0.1) is 0 Å². The highest BCUT2D eigenvalue weighted by atomic mass is 35.5. The van der Waals surface area contributed by atoms with Crippen LogP contribution in [-0.2, 0) is 17.1 Å². The minimum atomic E-state index is -5.00. The molecule has 0 saturated carbocycles. The third-order valence-electron chi connectivity index (χ3n) is 3.05. The minimum Gasteiger partial charge on any atom is -0.484 e. The highest BCUT2D eigenvalue weighted by molar-refractivity contribution is 6.30. The van der Waals surface area contributed by atoms with E-state index in [0.29, 0.717) is 17.2 Å². The smallest absolute Gasteiger partial charge is 0.416 e. The minimum absolute atomic E-state index is 0.0279. The van der Waals surface area contributed by atoms with Crippen molar-refractivity contribution in [2.75, 3.05) is 11.9 Å². The number of benzene rings is 2. The van der Waals surface area contributed by atoms with Gasteiger partial charge in [-0.1, -0.05) is 11.6 Å². The summed E-state index contributed by atoms with van der Waals surface area (Å²) < 4.78 is 81.6. The summed E-state index contributed by atoms with van der Waals surface area (Å²) in [5, 5.41) is 2.38. The van der Waals surface area contributed by atoms with Gasteiger partial charge in [-0.2, -0.15) is 26.3 Å². The summed E-state index contributed by atoms with van der Waals surface area (Å²) in [6.07, 6.45) is -10.00. The van der Waals surface area contributed by atoms with E-state index in [-0.39, 0.29) is 11.8 Å². The van der Waals surface area contributed by atoms with Crippen LogP contribution in [0.1, 0.15) is 11.1 Å². The average molecular weight is 398 g/mol. The summed E-state index contributed by atoms with van der Waals surface area (Å²) >= 11 is 5.67. The molecule has 140 valence electrons. The number of anilines is 1. The number of hydrogen-bond acceptors (Lipinski definition) is 2. The molecule has 1 amide bonds. The van der Waals surface area contributed by atoms with Crippen molar-refractivity contribution in [1.29, 1.82) is 0 Å². The summed E-state index contributed by atoms with van der Waals surface area (Å²) in [7, 11) is 0. The molecule has 0 spiro atoms. The van der Waals surface area contributed by atoms with Crippen molar-refractivity contribution in [2.45, 2.75) is 12.4 Å². The number of rotatable bonds is 4. The molecule has 10 heteroatoms. The van der Waals surface area contributed by atoms with Crippen LogP contribution >= 0.6 is 11.6 Å². The Labute approximate surface area is 148 Å². The van der Waals surface area contributed by atoms with E-state index in [4.69, 9.17) is 16.3 Å². The summed E-state index contributed by atoms with van der Waals surface area (Å²) in [6.45, 7) is -0.612. The Hall–Kier alpha value is -2.42. The number of nitrogens with one attached hydrogen (secondary N) is 1. The second kappa shape index (κ2) is 7.45. The van der Waals surface area contributed by atoms with Crippen molar-refractivity contribution in [3.63, 3.8) is 0 Å². The molecule has 26 heavy (non-hydrogen) atoms. The fourth-order valence-corrected chi connectivity index (χ4v) is 2.03. The Morgan fingerprint density at radius 2 is 1.42 bits per heavy atom. The van der Waals surface area contributed by atoms with E-state index in [2.05, 4.69) is 0 Å². The van der Waals surface area contributed by atoms with Crippen LogP contribution in [0.2, 0.25) is 5.02 Å². The second-order valence-electron chi connectivity index (χ2n) is 5.09. The lowest BCUT2D eigenvalue weighted by molar-refractivity contribution is -0.143. The quantitative estimate of drug-likeness (QED) is 0.702. The van der Waals surface area contributed by atoms with Crippen LogP contribution in [0.3, 0.4) is 0 Å². The van der Waals surface area contributed by atoms with Gasteiger partial charge in [0.2, 0.25) is 0 Å². The van der Waals surface area contributed by atoms with Gasteiger partial charge in [0.15, 0.2) is 6.61 Å². The molecule has 3 nitrogen and oxygen atoms in total. The van der Waals surface area contributed by atoms with Gasteiger partial charge in [0.05, 0.1) is 11.1 Å². The van der Waals surface area contributed by atoms with Crippen LogP contribution in [-0.4, -0.2) is 12.5 Å². The highest BCUT2D eigenvalue weighted by Gasteiger charge is 2.37. The van der Waals surface area contributed by atoms with Crippen molar-refractivity contribution in [1.82, 2.24) is 0 Å². The molecule has 0 radical (unpaired) electrons. The maximum Gasteiger partial charge on any atom is 0.416 e. The number of halogens is 7. The molecule has 0 aliphatic heterocycles. The molecule has 0 aliphatic carbocycles. The molecule has 0 aromatic heterocycles. The Morgan fingerprint density at radius 1 is 0.923 bits per heavy atom. The molecule has 0 heterocycles. The van der Waals surface area contributed by atoms with Crippen LogP contribution < -0.4 is 10.1 Å². The van der Waals surface area contributed by atoms with Crippen molar-refractivity contribution in [2.24, 2.45) is 0 Å². The van der Waals surface area contributed by atoms with Gasteiger partial charge in [0, 0.05) is 10.7 Å². The second-order valence-corrected chi connectivity index (χ2v) is 5.52. The monoisotopic (exact) mass is 397 g/mol. The van der Waals surface area contributed by atoms with Gasteiger partial charge in [0.25, 0.3) is 5.91 Å². The Kier molecular flexibility index (Phi) is 5.70. The Morgan fingerprint density at radius 3 is 1.88 bits per heavy atom. The lowest BCUT2D eigenvalue weighted by Gasteiger charge is -2.15. The molecule has 2 aromatic rings. The van der Waals surface area contributed by atoms with E-state index < -0.39 is 41.7 Å². The molecule has 0 aliphatic rings. The van der Waals surface area contributed by atoms with Gasteiger partial charge < -0.3 is 10.1 Å². The fourth-order valence-electron chi connectivity index (χ4n) is 1.90. The van der Waals surface area contributed by atoms with Crippen molar-refractivity contribution < 1.29 is 35.9 Å². The molecule has 0 saturated heterocycles. The van der Waals surface area contributed by atoms with Crippen LogP contribution in [0.4, 0.5) is 32.0 Å². The summed E-state index contributed by atoms with van der Waals surface area (Å²) in [4.78, 5) is 11.8. The maximum atomic E-state index is 12.8. The highest BCUT2D eigenvalue weighted by Crippen LogP contribution is 2.37. The van der Waals surface area contributed by atoms with E-state index in [1.807, 2.05) is 5.32 Å². The summed E-state index contributed by atoms with van der Waals surface area (Å²) in [6, 6.07) is 6.66. The number of carbonyl (C=O) groups is 1. The van der Waals surface area contributed by atoms with Gasteiger partial charge in [-0.25, -0.2) is 0 Å². The Bertz CT molecular complexity index is 755. The lowest BCUT2D eigenvalue weighted by Crippen LogP contribution is -2.21. The van der Waals surface area contributed by atoms with Crippen LogP contribution in [0, 0.1) is 0 Å². The first-order chi connectivity index (χ1) is 11.9. The molecule has 0 fully saturated rings. The molecule has 0 atom stereocenters. The zero-order chi connectivity index (χ0) is 19.5. The fraction of sp³-hybridized carbons (Fsp3) is 0.188. The van der Waals surface area contributed by atoms with Crippen LogP contribution in [0.5, 0.6) is 5.75 Å². The number of amides is 1. The van der Waals surface area contributed by atoms with E-state index in [0.717, 1.165) is 0 Å². The van der Waals surface area contributed by atoms with Crippen molar-refractivity contribution in [3.05, 3.63) is 58.6 Å². The first kappa shape index (κ1) is 19.9. The third-order valence-corrected chi connectivity index (χ3v) is 3.31.